The van der Waals surface area contributed by atoms with Gasteiger partial charge in [-0.1, -0.05) is 11.2 Å². The second-order valence-corrected chi connectivity index (χ2v) is 9.12. The molecule has 2 aromatic rings. The van der Waals surface area contributed by atoms with E-state index in [4.69, 9.17) is 5.73 Å². The Kier molecular flexibility index (Phi) is 7.20. The van der Waals surface area contributed by atoms with Gasteiger partial charge in [-0.05, 0) is 0 Å². The van der Waals surface area contributed by atoms with Gasteiger partial charge in [0, 0.05) is 35.0 Å². The molecule has 1 saturated heterocycles. The molecule has 0 spiro atoms. The van der Waals surface area contributed by atoms with Gasteiger partial charge in [-0.15, -0.1) is 11.8 Å². The fourth-order valence-electron chi connectivity index (χ4n) is 3.43. The summed E-state index contributed by atoms with van der Waals surface area (Å²) in [6, 6.07) is 4.32. The van der Waals surface area contributed by atoms with Gasteiger partial charge >= 0.3 is 5.97 Å². The lowest BCUT2D eigenvalue weighted by Crippen LogP contribution is -2.71. The van der Waals surface area contributed by atoms with Crippen LogP contribution < -0.4 is 15.6 Å². The number of amides is 2. The summed E-state index contributed by atoms with van der Waals surface area (Å²) in [7, 11) is 0. The summed E-state index contributed by atoms with van der Waals surface area (Å²) in [6.45, 7) is -1.24. The molecular weight excluding hydrogens is 508 g/mol. The van der Waals surface area contributed by atoms with Gasteiger partial charge in [0.1, 0.15) is 17.1 Å². The molecule has 184 valence electrons. The van der Waals surface area contributed by atoms with E-state index >= 15 is 0 Å². The second-order valence-electron chi connectivity index (χ2n) is 7.23. The topological polar surface area (TPSA) is 164 Å². The van der Waals surface area contributed by atoms with Gasteiger partial charge in [0.25, 0.3) is 18.2 Å². The van der Waals surface area contributed by atoms with Gasteiger partial charge in [0.15, 0.2) is 30.7 Å². The van der Waals surface area contributed by atoms with Crippen LogP contribution in [0.5, 0.6) is 0 Å². The average Bonchev–Trinajstić information content (AvgIpc) is 3.28. The number of alkyl halides is 2. The maximum atomic E-state index is 13.2. The van der Waals surface area contributed by atoms with Crippen molar-refractivity contribution in [3.63, 3.8) is 0 Å². The van der Waals surface area contributed by atoms with Crippen molar-refractivity contribution >= 4 is 51.9 Å². The van der Waals surface area contributed by atoms with E-state index in [9.17, 15) is 28.3 Å². The molecule has 1 fully saturated rings. The number of fused-ring (bicyclic) bond motifs is 1. The number of nitrogen functional groups attached to an aromatic ring is 1. The molecule has 1 unspecified atom stereocenters. The maximum Gasteiger partial charge on any atom is 0.352 e. The smallest absolute Gasteiger partial charge is 0.352 e. The van der Waals surface area contributed by atoms with Crippen LogP contribution in [0.1, 0.15) is 5.82 Å². The van der Waals surface area contributed by atoms with Crippen LogP contribution in [0.15, 0.2) is 47.0 Å². The number of nitrogens with zero attached hydrogens (tertiary/aromatic N) is 5. The van der Waals surface area contributed by atoms with Crippen LogP contribution in [0.2, 0.25) is 0 Å². The molecule has 2 amide bonds. The van der Waals surface area contributed by atoms with Crippen LogP contribution in [0.25, 0.3) is 0 Å². The minimum atomic E-state index is -2.42. The first kappa shape index (κ1) is 24.5. The summed E-state index contributed by atoms with van der Waals surface area (Å²) in [5, 5.41) is 14.8. The zero-order valence-electron chi connectivity index (χ0n) is 17.7. The molecule has 2 aliphatic rings. The number of nitrogens with two attached hydrogens (primary N) is 1. The molecule has 0 aliphatic carbocycles. The zero-order chi connectivity index (χ0) is 25.1. The number of aliphatic carboxylic acids is 1. The first-order valence-electron chi connectivity index (χ1n) is 9.98. The number of carbonyl (C=O) groups is 3. The van der Waals surface area contributed by atoms with E-state index < -0.39 is 47.9 Å². The number of rotatable bonds is 9. The van der Waals surface area contributed by atoms with E-state index in [1.165, 1.54) is 11.8 Å². The highest BCUT2D eigenvalue weighted by Crippen LogP contribution is 2.40. The minimum Gasteiger partial charge on any atom is -0.477 e. The van der Waals surface area contributed by atoms with Crippen molar-refractivity contribution in [2.45, 2.75) is 24.3 Å². The lowest BCUT2D eigenvalue weighted by atomic mass is 10.0. The molecule has 0 aromatic carbocycles. The number of hydrogen-bond donors (Lipinski definition) is 3. The van der Waals surface area contributed by atoms with Gasteiger partial charge in [0.2, 0.25) is 11.5 Å². The number of thioether (sulfide) groups is 1. The van der Waals surface area contributed by atoms with Crippen molar-refractivity contribution in [3.05, 3.63) is 47.7 Å². The number of anilines is 1. The second kappa shape index (κ2) is 10.3. The average molecular weight is 527 g/mol. The van der Waals surface area contributed by atoms with Crippen LogP contribution >= 0.6 is 23.3 Å². The Balaban J connectivity index is 1.53. The highest BCUT2D eigenvalue weighted by Gasteiger charge is 2.54. The Morgan fingerprint density at radius 1 is 1.40 bits per heavy atom. The van der Waals surface area contributed by atoms with E-state index in [-0.39, 0.29) is 23.2 Å². The predicted octanol–water partition coefficient (Wildman–Crippen LogP) is -0.168. The zero-order valence-corrected chi connectivity index (χ0v) is 19.3. The standard InChI is InChI=1S/C19H17F2N7O5S2/c20-6-10(21)33-25-11(14-24-19(22)35-26-14)15(29)23-12-16(30)28-13(18(31)32)9(8-34-17(12)28)7-27-4-2-1-3-5-27/h1-5,10,12,17H,6-8H2,(H3-,22,23,24,26,29,31,32)/p+1/t10?,12-,17-/m1/s1. The fourth-order valence-corrected chi connectivity index (χ4v) is 5.20. The molecule has 0 radical (unpaired) electrons. The molecule has 2 aliphatic heterocycles. The van der Waals surface area contributed by atoms with Crippen molar-refractivity contribution in [1.82, 2.24) is 19.6 Å². The van der Waals surface area contributed by atoms with E-state index in [1.807, 2.05) is 6.07 Å². The Hall–Kier alpha value is -3.66. The maximum absolute atomic E-state index is 13.2. The molecule has 4 N–H and O–H groups in total. The highest BCUT2D eigenvalue weighted by molar-refractivity contribution is 8.00. The molecule has 2 aromatic heterocycles. The van der Waals surface area contributed by atoms with Crippen LogP contribution in [0, 0.1) is 0 Å². The third-order valence-electron chi connectivity index (χ3n) is 4.94. The van der Waals surface area contributed by atoms with Crippen LogP contribution in [0.4, 0.5) is 13.9 Å². The van der Waals surface area contributed by atoms with Crippen molar-refractivity contribution in [2.75, 3.05) is 18.2 Å². The number of aromatic nitrogens is 3. The summed E-state index contributed by atoms with van der Waals surface area (Å²) in [6.07, 6.45) is 1.13. The first-order valence-corrected chi connectivity index (χ1v) is 11.8. The van der Waals surface area contributed by atoms with Gasteiger partial charge in [-0.2, -0.15) is 13.7 Å². The number of oxime groups is 1. The van der Waals surface area contributed by atoms with Crippen molar-refractivity contribution in [3.8, 4) is 0 Å². The monoisotopic (exact) mass is 526 g/mol. The summed E-state index contributed by atoms with van der Waals surface area (Å²) in [5.74, 6) is -2.92. The van der Waals surface area contributed by atoms with Crippen LogP contribution in [0.3, 0.4) is 0 Å². The Morgan fingerprint density at radius 3 is 2.77 bits per heavy atom. The van der Waals surface area contributed by atoms with Crippen LogP contribution in [-0.2, 0) is 25.8 Å². The summed E-state index contributed by atoms with van der Waals surface area (Å²) in [5.41, 5.74) is 5.29. The number of carboxylic acids is 1. The number of nitrogens with one attached hydrogen (secondary N) is 1. The van der Waals surface area contributed by atoms with Crippen molar-refractivity contribution in [1.29, 1.82) is 0 Å². The molecule has 0 saturated carbocycles. The van der Waals surface area contributed by atoms with E-state index in [0.29, 0.717) is 11.3 Å². The molecule has 3 atom stereocenters. The van der Waals surface area contributed by atoms with Gasteiger partial charge < -0.3 is 21.0 Å². The summed E-state index contributed by atoms with van der Waals surface area (Å²) < 4.78 is 31.2. The number of pyridine rings is 1. The SMILES string of the molecule is Nc1nc(C(=NOC(F)CF)C(=O)N[C@@H]2C(=O)N3C(C(=O)O)=C(C[n+]4ccccc4)CS[C@H]23)ns1. The van der Waals surface area contributed by atoms with Crippen molar-refractivity contribution in [2.24, 2.45) is 5.16 Å². The Morgan fingerprint density at radius 2 is 2.14 bits per heavy atom. The molecule has 0 bridgehead atoms. The van der Waals surface area contributed by atoms with E-state index in [2.05, 4.69) is 24.7 Å². The molecule has 12 nitrogen and oxygen atoms in total. The third-order valence-corrected chi connectivity index (χ3v) is 6.82. The highest BCUT2D eigenvalue weighted by atomic mass is 32.2. The number of carboxylic acid groups (broad SMARTS) is 1. The normalized spacial score (nSPS) is 20.7. The molecule has 4 rings (SSSR count). The van der Waals surface area contributed by atoms with E-state index in [1.54, 1.807) is 29.1 Å². The summed E-state index contributed by atoms with van der Waals surface area (Å²) >= 11 is 2.01. The van der Waals surface area contributed by atoms with Gasteiger partial charge in [0.05, 0.1) is 0 Å². The van der Waals surface area contributed by atoms with Gasteiger partial charge in [-0.3, -0.25) is 14.5 Å². The number of carbonyl (C=O) groups excluding carboxylic acids is 2. The molecule has 4 heterocycles. The Bertz CT molecular complexity index is 1210. The largest absolute Gasteiger partial charge is 0.477 e. The van der Waals surface area contributed by atoms with E-state index in [0.717, 1.165) is 16.4 Å². The number of hydrogen-bond acceptors (Lipinski definition) is 10. The lowest BCUT2D eigenvalue weighted by molar-refractivity contribution is -0.689. The van der Waals surface area contributed by atoms with Crippen molar-refractivity contribution < 1.29 is 37.7 Å². The quantitative estimate of drug-likeness (QED) is 0.174. The fraction of sp³-hybridized carbons (Fsp3) is 0.316. The summed E-state index contributed by atoms with van der Waals surface area (Å²) in [4.78, 5) is 46.9. The van der Waals surface area contributed by atoms with Crippen LogP contribution in [-0.4, -0.2) is 73.1 Å². The number of β-lactam (4-membered cyclic amide) rings is 1. The minimum absolute atomic E-state index is 0.0171. The molecule has 16 heteroatoms. The predicted molar refractivity (Wildman–Crippen MR) is 119 cm³/mol. The van der Waals surface area contributed by atoms with Gasteiger partial charge in [-0.25, -0.2) is 13.8 Å². The lowest BCUT2D eigenvalue weighted by Gasteiger charge is -2.49. The first-order chi connectivity index (χ1) is 16.8. The molecule has 35 heavy (non-hydrogen) atoms. The number of halogens is 2. The molecular formula is C19H18F2N7O5S2+. The Labute approximate surface area is 204 Å². The third kappa shape index (κ3) is 5.07.